The summed E-state index contributed by atoms with van der Waals surface area (Å²) in [5.41, 5.74) is 2.51. The van der Waals surface area contributed by atoms with Crippen LogP contribution in [-0.2, 0) is 4.74 Å². The van der Waals surface area contributed by atoms with Gasteiger partial charge in [-0.15, -0.1) is 0 Å². The van der Waals surface area contributed by atoms with Crippen molar-refractivity contribution in [1.82, 2.24) is 4.98 Å². The Hall–Kier alpha value is -3.48. The van der Waals surface area contributed by atoms with Gasteiger partial charge < -0.3 is 14.5 Å². The number of fused-ring (bicyclic) bond motifs is 1. The van der Waals surface area contributed by atoms with Crippen molar-refractivity contribution in [3.63, 3.8) is 0 Å². The second kappa shape index (κ2) is 6.79. The van der Waals surface area contributed by atoms with Crippen LogP contribution in [0.25, 0.3) is 11.0 Å². The number of esters is 1. The zero-order valence-electron chi connectivity index (χ0n) is 14.5. The molecule has 0 bridgehead atoms. The third-order valence-corrected chi connectivity index (χ3v) is 3.97. The fourth-order valence-corrected chi connectivity index (χ4v) is 2.59. The summed E-state index contributed by atoms with van der Waals surface area (Å²) in [4.78, 5) is 39.5. The second-order valence-electron chi connectivity index (χ2n) is 5.82. The van der Waals surface area contributed by atoms with Gasteiger partial charge in [-0.05, 0) is 43.2 Å². The molecule has 1 aromatic carbocycles. The number of carbonyl (C=O) groups excluding carboxylic acids is 2. The van der Waals surface area contributed by atoms with Crippen LogP contribution in [0.4, 0.5) is 5.69 Å². The van der Waals surface area contributed by atoms with E-state index in [4.69, 9.17) is 4.42 Å². The van der Waals surface area contributed by atoms with E-state index in [0.717, 1.165) is 16.5 Å². The maximum atomic E-state index is 12.5. The van der Waals surface area contributed by atoms with Crippen molar-refractivity contribution in [1.29, 1.82) is 0 Å². The monoisotopic (exact) mass is 352 g/mol. The quantitative estimate of drug-likeness (QED) is 0.575. The van der Waals surface area contributed by atoms with Crippen molar-refractivity contribution >= 4 is 28.5 Å². The van der Waals surface area contributed by atoms with E-state index in [2.05, 4.69) is 15.0 Å². The first-order chi connectivity index (χ1) is 12.4. The van der Waals surface area contributed by atoms with Crippen LogP contribution in [0.2, 0.25) is 0 Å². The van der Waals surface area contributed by atoms with Crippen LogP contribution in [0.5, 0.6) is 0 Å². The number of aryl methyl sites for hydroxylation is 2. The summed E-state index contributed by atoms with van der Waals surface area (Å²) in [5.74, 6) is -0.986. The molecule has 0 atom stereocenters. The Labute approximate surface area is 148 Å². The molecule has 0 fully saturated rings. The molecule has 0 unspecified atom stereocenters. The number of nitrogens with zero attached hydrogens (tertiary/aromatic N) is 1. The Bertz CT molecular complexity index is 1080. The average Bonchev–Trinajstić information content (AvgIpc) is 2.62. The number of amides is 1. The Morgan fingerprint density at radius 3 is 2.50 bits per heavy atom. The Balaban J connectivity index is 1.96. The molecule has 0 aliphatic carbocycles. The lowest BCUT2D eigenvalue weighted by molar-refractivity contribution is 0.0600. The van der Waals surface area contributed by atoms with Crippen molar-refractivity contribution in [2.24, 2.45) is 0 Å². The molecule has 7 nitrogen and oxygen atoms in total. The van der Waals surface area contributed by atoms with Crippen LogP contribution in [0.3, 0.4) is 0 Å². The van der Waals surface area contributed by atoms with Gasteiger partial charge in [0.25, 0.3) is 5.91 Å². The number of pyridine rings is 1. The van der Waals surface area contributed by atoms with Crippen molar-refractivity contribution < 1.29 is 18.7 Å². The molecule has 132 valence electrons. The zero-order chi connectivity index (χ0) is 18.8. The van der Waals surface area contributed by atoms with Crippen molar-refractivity contribution in [3.8, 4) is 0 Å². The van der Waals surface area contributed by atoms with Gasteiger partial charge in [0.05, 0.1) is 18.2 Å². The number of hydrogen-bond acceptors (Lipinski definition) is 6. The average molecular weight is 352 g/mol. The first-order valence-electron chi connectivity index (χ1n) is 7.79. The number of benzene rings is 1. The molecule has 7 heteroatoms. The minimum Gasteiger partial charge on any atom is -0.465 e. The maximum Gasteiger partial charge on any atom is 0.339 e. The molecule has 3 aromatic rings. The highest BCUT2D eigenvalue weighted by Gasteiger charge is 2.14. The van der Waals surface area contributed by atoms with Crippen LogP contribution in [0.15, 0.2) is 45.9 Å². The molecule has 3 rings (SSSR count). The van der Waals surface area contributed by atoms with Crippen LogP contribution >= 0.6 is 0 Å². The number of aromatic nitrogens is 1. The predicted molar refractivity (Wildman–Crippen MR) is 95.5 cm³/mol. The minimum atomic E-state index is -0.570. The molecule has 1 amide bonds. The highest BCUT2D eigenvalue weighted by molar-refractivity contribution is 6.06. The molecule has 0 aliphatic heterocycles. The third kappa shape index (κ3) is 3.32. The first-order valence-corrected chi connectivity index (χ1v) is 7.79. The van der Waals surface area contributed by atoms with Gasteiger partial charge in [-0.2, -0.15) is 0 Å². The second-order valence-corrected chi connectivity index (χ2v) is 5.82. The van der Waals surface area contributed by atoms with Crippen LogP contribution < -0.4 is 10.9 Å². The van der Waals surface area contributed by atoms with Crippen molar-refractivity contribution in [2.75, 3.05) is 12.4 Å². The molecular weight excluding hydrogens is 336 g/mol. The summed E-state index contributed by atoms with van der Waals surface area (Å²) in [6.45, 7) is 3.59. The number of methoxy groups -OCH3 is 1. The van der Waals surface area contributed by atoms with Gasteiger partial charge in [0.2, 0.25) is 0 Å². The summed E-state index contributed by atoms with van der Waals surface area (Å²) in [7, 11) is 1.26. The number of anilines is 1. The number of ether oxygens (including phenoxy) is 1. The van der Waals surface area contributed by atoms with Crippen LogP contribution in [0.1, 0.15) is 31.8 Å². The van der Waals surface area contributed by atoms with E-state index in [9.17, 15) is 14.4 Å². The lowest BCUT2D eigenvalue weighted by atomic mass is 10.1. The topological polar surface area (TPSA) is 98.5 Å². The lowest BCUT2D eigenvalue weighted by Gasteiger charge is -2.11. The summed E-state index contributed by atoms with van der Waals surface area (Å²) in [6.07, 6.45) is 2.69. The Kier molecular flexibility index (Phi) is 4.53. The van der Waals surface area contributed by atoms with E-state index >= 15 is 0 Å². The van der Waals surface area contributed by atoms with Gasteiger partial charge >= 0.3 is 11.6 Å². The lowest BCUT2D eigenvalue weighted by Crippen LogP contribution is -2.14. The van der Waals surface area contributed by atoms with E-state index in [1.807, 2.05) is 0 Å². The largest absolute Gasteiger partial charge is 0.465 e. The van der Waals surface area contributed by atoms with E-state index in [-0.39, 0.29) is 11.1 Å². The SMILES string of the molecule is COC(=O)c1cncc(C(=O)Nc2cc3c(C)cc(=O)oc3cc2C)c1. The molecule has 2 aromatic heterocycles. The summed E-state index contributed by atoms with van der Waals surface area (Å²) in [6, 6.07) is 6.25. The molecule has 0 radical (unpaired) electrons. The van der Waals surface area contributed by atoms with Gasteiger partial charge in [-0.1, -0.05) is 0 Å². The molecule has 2 heterocycles. The van der Waals surface area contributed by atoms with E-state index in [0.29, 0.717) is 11.3 Å². The Morgan fingerprint density at radius 1 is 1.04 bits per heavy atom. The molecule has 0 saturated carbocycles. The normalized spacial score (nSPS) is 10.6. The number of carbonyl (C=O) groups is 2. The van der Waals surface area contributed by atoms with Gasteiger partial charge in [0.1, 0.15) is 5.58 Å². The highest BCUT2D eigenvalue weighted by atomic mass is 16.5. The van der Waals surface area contributed by atoms with Crippen LogP contribution in [0, 0.1) is 13.8 Å². The first kappa shape index (κ1) is 17.3. The summed E-state index contributed by atoms with van der Waals surface area (Å²) in [5, 5.41) is 3.52. The fraction of sp³-hybridized carbons (Fsp3) is 0.158. The standard InChI is InChI=1S/C19H16N2O5/c1-10-5-17(22)26-16-4-11(2)15(7-14(10)16)21-18(23)12-6-13(9-20-8-12)19(24)25-3/h4-9H,1-3H3,(H,21,23). The predicted octanol–water partition coefficient (Wildman–Crippen LogP) is 2.84. The smallest absolute Gasteiger partial charge is 0.339 e. The van der Waals surface area contributed by atoms with E-state index < -0.39 is 17.5 Å². The van der Waals surface area contributed by atoms with E-state index in [1.165, 1.54) is 31.6 Å². The van der Waals surface area contributed by atoms with Crippen LogP contribution in [-0.4, -0.2) is 24.0 Å². The molecule has 0 aliphatic rings. The Morgan fingerprint density at radius 2 is 1.77 bits per heavy atom. The molecule has 0 saturated heterocycles. The summed E-state index contributed by atoms with van der Waals surface area (Å²) >= 11 is 0. The van der Waals surface area contributed by atoms with Crippen molar-refractivity contribution in [2.45, 2.75) is 13.8 Å². The summed E-state index contributed by atoms with van der Waals surface area (Å²) < 4.78 is 9.83. The number of rotatable bonds is 3. The van der Waals surface area contributed by atoms with Crippen molar-refractivity contribution in [3.05, 3.63) is 69.3 Å². The molecule has 26 heavy (non-hydrogen) atoms. The van der Waals surface area contributed by atoms with Gasteiger partial charge in [-0.3, -0.25) is 9.78 Å². The number of hydrogen-bond donors (Lipinski definition) is 1. The molecular formula is C19H16N2O5. The number of nitrogens with one attached hydrogen (secondary N) is 1. The highest BCUT2D eigenvalue weighted by Crippen LogP contribution is 2.25. The van der Waals surface area contributed by atoms with Gasteiger partial charge in [-0.25, -0.2) is 9.59 Å². The third-order valence-electron chi connectivity index (χ3n) is 3.97. The maximum absolute atomic E-state index is 12.5. The zero-order valence-corrected chi connectivity index (χ0v) is 14.5. The minimum absolute atomic E-state index is 0.188. The van der Waals surface area contributed by atoms with Gasteiger partial charge in [0.15, 0.2) is 0 Å². The van der Waals surface area contributed by atoms with Gasteiger partial charge in [0, 0.05) is 29.5 Å². The fourth-order valence-electron chi connectivity index (χ4n) is 2.59. The van der Waals surface area contributed by atoms with E-state index in [1.54, 1.807) is 26.0 Å². The molecule has 0 spiro atoms. The molecule has 1 N–H and O–H groups in total.